The Balaban J connectivity index is 2.40. The van der Waals surface area contributed by atoms with Crippen molar-refractivity contribution in [3.8, 4) is 0 Å². The number of ketones is 1. The molecule has 0 spiro atoms. The fourth-order valence-electron chi connectivity index (χ4n) is 0.910. The maximum atomic E-state index is 11.0. The number of nitrogens with zero attached hydrogens (tertiary/aromatic N) is 1. The topological polar surface area (TPSA) is 56.3 Å². The molecule has 15 heavy (non-hydrogen) atoms. The summed E-state index contributed by atoms with van der Waals surface area (Å²) in [5.41, 5.74) is 0.733. The van der Waals surface area contributed by atoms with Crippen LogP contribution in [0.2, 0.25) is 5.15 Å². The molecule has 0 atom stereocenters. The first kappa shape index (κ1) is 11.7. The highest BCUT2D eigenvalue weighted by molar-refractivity contribution is 6.29. The Bertz CT molecular complexity index is 361. The van der Waals surface area contributed by atoms with Gasteiger partial charge in [0.25, 0.3) is 0 Å². The molecule has 5 heteroatoms. The summed E-state index contributed by atoms with van der Waals surface area (Å²) in [6.07, 6.45) is 1.32. The molecule has 1 heterocycles. The van der Waals surface area contributed by atoms with Crippen LogP contribution in [0.5, 0.6) is 0 Å². The molecule has 0 N–H and O–H groups in total. The van der Waals surface area contributed by atoms with Crippen molar-refractivity contribution >= 4 is 23.4 Å². The van der Waals surface area contributed by atoms with E-state index in [9.17, 15) is 9.59 Å². The number of hydrogen-bond acceptors (Lipinski definition) is 4. The van der Waals surface area contributed by atoms with Crippen LogP contribution in [-0.4, -0.2) is 16.7 Å². The highest BCUT2D eigenvalue weighted by Crippen LogP contribution is 2.06. The molecule has 1 aromatic rings. The fraction of sp³-hybridized carbons (Fsp3) is 0.300. The summed E-state index contributed by atoms with van der Waals surface area (Å²) in [7, 11) is 0. The quantitative estimate of drug-likeness (QED) is 0.447. The number of Topliss-reactive ketones (excluding diaryl/α,β-unsaturated/α-hetero) is 1. The van der Waals surface area contributed by atoms with E-state index in [-0.39, 0.29) is 18.8 Å². The summed E-state index contributed by atoms with van der Waals surface area (Å²) < 4.78 is 4.84. The predicted octanol–water partition coefficient (Wildman–Crippen LogP) is 1.76. The second-order valence-electron chi connectivity index (χ2n) is 3.03. The zero-order chi connectivity index (χ0) is 11.3. The van der Waals surface area contributed by atoms with Crippen LogP contribution in [0, 0.1) is 0 Å². The lowest BCUT2D eigenvalue weighted by molar-refractivity contribution is -0.146. The minimum Gasteiger partial charge on any atom is -0.460 e. The van der Waals surface area contributed by atoms with E-state index >= 15 is 0 Å². The average Bonchev–Trinajstić information content (AvgIpc) is 2.16. The first-order valence-electron chi connectivity index (χ1n) is 4.33. The highest BCUT2D eigenvalue weighted by Gasteiger charge is 2.06. The van der Waals surface area contributed by atoms with Crippen molar-refractivity contribution in [2.75, 3.05) is 0 Å². The molecule has 0 fully saturated rings. The minimum atomic E-state index is -0.530. The average molecular weight is 228 g/mol. The van der Waals surface area contributed by atoms with Crippen molar-refractivity contribution in [2.45, 2.75) is 20.0 Å². The van der Waals surface area contributed by atoms with Crippen LogP contribution in [0.1, 0.15) is 18.9 Å². The Morgan fingerprint density at radius 2 is 2.20 bits per heavy atom. The van der Waals surface area contributed by atoms with Gasteiger partial charge in [-0.1, -0.05) is 17.7 Å². The van der Waals surface area contributed by atoms with E-state index in [1.54, 1.807) is 12.1 Å². The van der Waals surface area contributed by atoms with Crippen molar-refractivity contribution in [2.24, 2.45) is 0 Å². The number of hydrogen-bond donors (Lipinski definition) is 0. The Morgan fingerprint density at radius 1 is 1.47 bits per heavy atom. The van der Waals surface area contributed by atoms with Crippen LogP contribution < -0.4 is 0 Å². The number of pyridine rings is 1. The first-order chi connectivity index (χ1) is 7.08. The van der Waals surface area contributed by atoms with E-state index in [4.69, 9.17) is 16.3 Å². The molecule has 0 aliphatic rings. The van der Waals surface area contributed by atoms with Gasteiger partial charge in [0.2, 0.25) is 0 Å². The highest BCUT2D eigenvalue weighted by atomic mass is 35.5. The lowest BCUT2D eigenvalue weighted by atomic mass is 10.3. The van der Waals surface area contributed by atoms with Crippen LogP contribution in [0.3, 0.4) is 0 Å². The van der Waals surface area contributed by atoms with Gasteiger partial charge in [-0.25, -0.2) is 4.98 Å². The van der Waals surface area contributed by atoms with Crippen LogP contribution in [-0.2, 0) is 20.9 Å². The first-order valence-corrected chi connectivity index (χ1v) is 4.71. The van der Waals surface area contributed by atoms with Gasteiger partial charge in [0, 0.05) is 11.8 Å². The van der Waals surface area contributed by atoms with Crippen molar-refractivity contribution in [3.63, 3.8) is 0 Å². The molecule has 1 aromatic heterocycles. The fourth-order valence-corrected chi connectivity index (χ4v) is 1.02. The molecule has 0 aliphatic carbocycles. The molecule has 0 bridgehead atoms. The summed E-state index contributed by atoms with van der Waals surface area (Å²) in [4.78, 5) is 25.4. The van der Waals surface area contributed by atoms with Gasteiger partial charge in [0.15, 0.2) is 0 Å². The number of carbonyl (C=O) groups excluding carboxylic acids is 2. The van der Waals surface area contributed by atoms with Crippen molar-refractivity contribution < 1.29 is 14.3 Å². The second kappa shape index (κ2) is 5.46. The third-order valence-corrected chi connectivity index (χ3v) is 1.81. The Hall–Kier alpha value is -1.42. The summed E-state index contributed by atoms with van der Waals surface area (Å²) in [5, 5.41) is 0.383. The summed E-state index contributed by atoms with van der Waals surface area (Å²) in [6.45, 7) is 1.45. The maximum absolute atomic E-state index is 11.0. The zero-order valence-electron chi connectivity index (χ0n) is 8.20. The number of esters is 1. The molecule has 1 rings (SSSR count). The zero-order valence-corrected chi connectivity index (χ0v) is 8.95. The Kier molecular flexibility index (Phi) is 4.24. The Labute approximate surface area is 92.2 Å². The van der Waals surface area contributed by atoms with Gasteiger partial charge in [-0.2, -0.15) is 0 Å². The van der Waals surface area contributed by atoms with E-state index in [2.05, 4.69) is 4.98 Å². The van der Waals surface area contributed by atoms with E-state index in [1.165, 1.54) is 13.1 Å². The summed E-state index contributed by atoms with van der Waals surface area (Å²) in [5.74, 6) is -0.744. The van der Waals surface area contributed by atoms with E-state index in [0.717, 1.165) is 5.56 Å². The van der Waals surface area contributed by atoms with Crippen LogP contribution in [0.25, 0.3) is 0 Å². The summed E-state index contributed by atoms with van der Waals surface area (Å²) >= 11 is 5.58. The summed E-state index contributed by atoms with van der Waals surface area (Å²) in [6, 6.07) is 3.31. The standard InChI is InChI=1S/C10H10ClNO3/c1-7(13)4-10(14)15-6-8-2-3-9(11)12-5-8/h2-3,5H,4,6H2,1H3. The number of ether oxygens (including phenoxy) is 1. The van der Waals surface area contributed by atoms with Crippen LogP contribution in [0.15, 0.2) is 18.3 Å². The number of rotatable bonds is 4. The van der Waals surface area contributed by atoms with Gasteiger partial charge >= 0.3 is 5.97 Å². The van der Waals surface area contributed by atoms with Gasteiger partial charge in [-0.3, -0.25) is 9.59 Å². The lowest BCUT2D eigenvalue weighted by Crippen LogP contribution is -2.08. The van der Waals surface area contributed by atoms with Crippen molar-refractivity contribution in [1.29, 1.82) is 0 Å². The third-order valence-electron chi connectivity index (χ3n) is 1.58. The second-order valence-corrected chi connectivity index (χ2v) is 3.42. The normalized spacial score (nSPS) is 9.73. The molecule has 0 unspecified atom stereocenters. The largest absolute Gasteiger partial charge is 0.460 e. The SMILES string of the molecule is CC(=O)CC(=O)OCc1ccc(Cl)nc1. The molecule has 4 nitrogen and oxygen atoms in total. The van der Waals surface area contributed by atoms with Crippen molar-refractivity contribution in [1.82, 2.24) is 4.98 Å². The maximum Gasteiger partial charge on any atom is 0.313 e. The molecule has 0 radical (unpaired) electrons. The van der Waals surface area contributed by atoms with Gasteiger partial charge in [-0.05, 0) is 13.0 Å². The lowest BCUT2D eigenvalue weighted by Gasteiger charge is -2.02. The minimum absolute atomic E-state index is 0.107. The molecule has 0 aliphatic heterocycles. The molecule has 0 saturated heterocycles. The molecular weight excluding hydrogens is 218 g/mol. The third kappa shape index (κ3) is 4.56. The van der Waals surface area contributed by atoms with Gasteiger partial charge in [0.05, 0.1) is 0 Å². The molecule has 0 amide bonds. The monoisotopic (exact) mass is 227 g/mol. The number of halogens is 1. The van der Waals surface area contributed by atoms with Gasteiger partial charge in [-0.15, -0.1) is 0 Å². The molecular formula is C10H10ClNO3. The predicted molar refractivity (Wildman–Crippen MR) is 54.3 cm³/mol. The Morgan fingerprint density at radius 3 is 2.73 bits per heavy atom. The van der Waals surface area contributed by atoms with E-state index < -0.39 is 5.97 Å². The van der Waals surface area contributed by atoms with E-state index in [0.29, 0.717) is 5.15 Å². The smallest absolute Gasteiger partial charge is 0.313 e. The van der Waals surface area contributed by atoms with Gasteiger partial charge in [0.1, 0.15) is 24.0 Å². The van der Waals surface area contributed by atoms with Crippen LogP contribution in [0.4, 0.5) is 0 Å². The number of aromatic nitrogens is 1. The van der Waals surface area contributed by atoms with E-state index in [1.807, 2.05) is 0 Å². The number of carbonyl (C=O) groups is 2. The molecule has 0 saturated carbocycles. The van der Waals surface area contributed by atoms with Crippen molar-refractivity contribution in [3.05, 3.63) is 29.0 Å². The van der Waals surface area contributed by atoms with Gasteiger partial charge < -0.3 is 4.74 Å². The van der Waals surface area contributed by atoms with Crippen LogP contribution >= 0.6 is 11.6 Å². The molecule has 0 aromatic carbocycles. The molecule has 80 valence electrons.